The van der Waals surface area contributed by atoms with E-state index in [0.29, 0.717) is 0 Å². The van der Waals surface area contributed by atoms with Crippen LogP contribution in [0.5, 0.6) is 0 Å². The third-order valence-corrected chi connectivity index (χ3v) is 3.84. The second-order valence-corrected chi connectivity index (χ2v) is 5.49. The molecule has 1 aromatic rings. The van der Waals surface area contributed by atoms with Crippen molar-refractivity contribution in [3.05, 3.63) is 35.9 Å². The van der Waals surface area contributed by atoms with Crippen molar-refractivity contribution < 1.29 is 37.0 Å². The summed E-state index contributed by atoms with van der Waals surface area (Å²) in [4.78, 5) is 35.5. The van der Waals surface area contributed by atoms with Crippen molar-refractivity contribution in [2.75, 3.05) is 14.2 Å². The van der Waals surface area contributed by atoms with E-state index in [9.17, 15) is 27.6 Å². The molecule has 0 aliphatic carbocycles. The molecule has 9 heteroatoms. The quantitative estimate of drug-likeness (QED) is 0.704. The summed E-state index contributed by atoms with van der Waals surface area (Å²) in [5, 5.41) is 2.03. The Balaban J connectivity index is 3.04. The standard InChI is InChI=1S/C17H20F3NO5/c1-11(13(22)9-10-14(23)25-2)21-15(24)16(26-3,17(18,19)20)12-7-5-4-6-8-12/h4-8,11H,9-10H2,1-3H3,(H,21,24)/t11?,16-/m0/s1. The van der Waals surface area contributed by atoms with E-state index in [1.165, 1.54) is 25.1 Å². The minimum Gasteiger partial charge on any atom is -0.469 e. The van der Waals surface area contributed by atoms with Crippen LogP contribution in [0.4, 0.5) is 13.2 Å². The van der Waals surface area contributed by atoms with Crippen LogP contribution >= 0.6 is 0 Å². The lowest BCUT2D eigenvalue weighted by Crippen LogP contribution is -2.58. The SMILES string of the molecule is COC(=O)CCC(=O)C(C)NC(=O)[C@@](OC)(c1ccccc1)C(F)(F)F. The molecule has 0 heterocycles. The number of hydrogen-bond acceptors (Lipinski definition) is 5. The van der Waals surface area contributed by atoms with Crippen molar-refractivity contribution in [3.8, 4) is 0 Å². The molecule has 0 aromatic heterocycles. The Labute approximate surface area is 148 Å². The number of ketones is 1. The van der Waals surface area contributed by atoms with Crippen molar-refractivity contribution in [1.82, 2.24) is 5.32 Å². The van der Waals surface area contributed by atoms with Crippen LogP contribution in [0.25, 0.3) is 0 Å². The summed E-state index contributed by atoms with van der Waals surface area (Å²) in [6.45, 7) is 1.24. The van der Waals surface area contributed by atoms with Gasteiger partial charge in [0.1, 0.15) is 0 Å². The van der Waals surface area contributed by atoms with Gasteiger partial charge >= 0.3 is 12.1 Å². The zero-order valence-corrected chi connectivity index (χ0v) is 14.6. The van der Waals surface area contributed by atoms with Gasteiger partial charge in [-0.1, -0.05) is 30.3 Å². The molecule has 0 bridgehead atoms. The summed E-state index contributed by atoms with van der Waals surface area (Å²) in [7, 11) is 1.91. The fourth-order valence-corrected chi connectivity index (χ4v) is 2.35. The molecular weight excluding hydrogens is 355 g/mol. The van der Waals surface area contributed by atoms with Crippen molar-refractivity contribution in [3.63, 3.8) is 0 Å². The lowest BCUT2D eigenvalue weighted by molar-refractivity contribution is -0.266. The van der Waals surface area contributed by atoms with Crippen molar-refractivity contribution in [2.24, 2.45) is 0 Å². The topological polar surface area (TPSA) is 81.7 Å². The number of carbonyl (C=O) groups is 3. The molecule has 1 rings (SSSR count). The molecule has 2 atom stereocenters. The highest BCUT2D eigenvalue weighted by molar-refractivity contribution is 5.94. The zero-order chi connectivity index (χ0) is 20.0. The molecular formula is C17H20F3NO5. The number of esters is 1. The van der Waals surface area contributed by atoms with E-state index in [4.69, 9.17) is 0 Å². The van der Waals surface area contributed by atoms with Crippen molar-refractivity contribution in [2.45, 2.75) is 37.6 Å². The van der Waals surface area contributed by atoms with E-state index in [1.54, 1.807) is 0 Å². The second-order valence-electron chi connectivity index (χ2n) is 5.49. The maximum absolute atomic E-state index is 13.7. The molecule has 0 saturated heterocycles. The molecule has 0 spiro atoms. The van der Waals surface area contributed by atoms with Gasteiger partial charge in [-0.3, -0.25) is 14.4 Å². The molecule has 1 aromatic carbocycles. The van der Waals surface area contributed by atoms with Gasteiger partial charge in [-0.2, -0.15) is 13.2 Å². The highest BCUT2D eigenvalue weighted by Gasteiger charge is 2.62. The summed E-state index contributed by atoms with van der Waals surface area (Å²) in [6, 6.07) is 5.16. The van der Waals surface area contributed by atoms with E-state index in [-0.39, 0.29) is 12.8 Å². The van der Waals surface area contributed by atoms with E-state index >= 15 is 0 Å². The third-order valence-electron chi connectivity index (χ3n) is 3.84. The smallest absolute Gasteiger partial charge is 0.430 e. The molecule has 0 aliphatic rings. The highest BCUT2D eigenvalue weighted by Crippen LogP contribution is 2.42. The Morgan fingerprint density at radius 2 is 1.65 bits per heavy atom. The number of amides is 1. The van der Waals surface area contributed by atoms with Crippen LogP contribution in [-0.2, 0) is 29.5 Å². The predicted octanol–water partition coefficient (Wildman–Crippen LogP) is 2.12. The normalized spacial score (nSPS) is 14.8. The fraction of sp³-hybridized carbons (Fsp3) is 0.471. The van der Waals surface area contributed by atoms with Gasteiger partial charge in [0.05, 0.1) is 19.6 Å². The summed E-state index contributed by atoms with van der Waals surface area (Å²) >= 11 is 0. The van der Waals surface area contributed by atoms with Gasteiger partial charge in [0, 0.05) is 19.1 Å². The number of hydrogen-bond donors (Lipinski definition) is 1. The summed E-state index contributed by atoms with van der Waals surface area (Å²) in [5.74, 6) is -2.76. The Hall–Kier alpha value is -2.42. The minimum absolute atomic E-state index is 0.233. The van der Waals surface area contributed by atoms with Crippen LogP contribution in [0, 0.1) is 0 Å². The number of Topliss-reactive ketones (excluding diaryl/α,β-unsaturated/α-hetero) is 1. The van der Waals surface area contributed by atoms with Crippen LogP contribution in [0.3, 0.4) is 0 Å². The fourth-order valence-electron chi connectivity index (χ4n) is 2.35. The highest BCUT2D eigenvalue weighted by atomic mass is 19.4. The maximum Gasteiger partial charge on any atom is 0.430 e. The molecule has 0 aliphatic heterocycles. The first-order valence-corrected chi connectivity index (χ1v) is 7.68. The Bertz CT molecular complexity index is 648. The Morgan fingerprint density at radius 3 is 2.12 bits per heavy atom. The number of ether oxygens (including phenoxy) is 2. The monoisotopic (exact) mass is 375 g/mol. The molecule has 144 valence electrons. The molecule has 1 N–H and O–H groups in total. The number of rotatable bonds is 8. The Morgan fingerprint density at radius 1 is 1.08 bits per heavy atom. The van der Waals surface area contributed by atoms with Gasteiger partial charge in [-0.05, 0) is 6.92 Å². The van der Waals surface area contributed by atoms with Crippen LogP contribution in [0.2, 0.25) is 0 Å². The van der Waals surface area contributed by atoms with Gasteiger partial charge < -0.3 is 14.8 Å². The molecule has 1 amide bonds. The maximum atomic E-state index is 13.7. The first-order valence-electron chi connectivity index (χ1n) is 7.68. The number of carbonyl (C=O) groups excluding carboxylic acids is 3. The largest absolute Gasteiger partial charge is 0.469 e. The number of halogens is 3. The lowest BCUT2D eigenvalue weighted by Gasteiger charge is -2.34. The average Bonchev–Trinajstić information content (AvgIpc) is 2.59. The number of benzene rings is 1. The number of alkyl halides is 3. The molecule has 0 saturated carbocycles. The van der Waals surface area contributed by atoms with Gasteiger partial charge in [0.15, 0.2) is 5.78 Å². The Kier molecular flexibility index (Phi) is 7.31. The first-order chi connectivity index (χ1) is 12.1. The minimum atomic E-state index is -5.07. The van der Waals surface area contributed by atoms with Gasteiger partial charge in [-0.15, -0.1) is 0 Å². The van der Waals surface area contributed by atoms with Crippen LogP contribution in [-0.4, -0.2) is 44.1 Å². The van der Waals surface area contributed by atoms with Crippen molar-refractivity contribution in [1.29, 1.82) is 0 Å². The summed E-state index contributed by atoms with van der Waals surface area (Å²) < 4.78 is 50.2. The second kappa shape index (κ2) is 8.79. The zero-order valence-electron chi connectivity index (χ0n) is 14.6. The van der Waals surface area contributed by atoms with E-state index < -0.39 is 41.0 Å². The van der Waals surface area contributed by atoms with Gasteiger partial charge in [0.25, 0.3) is 11.5 Å². The summed E-state index contributed by atoms with van der Waals surface area (Å²) in [5.41, 5.74) is -3.67. The number of nitrogens with one attached hydrogen (secondary N) is 1. The first kappa shape index (κ1) is 21.6. The molecule has 0 radical (unpaired) electrons. The predicted molar refractivity (Wildman–Crippen MR) is 85.0 cm³/mol. The van der Waals surface area contributed by atoms with Gasteiger partial charge in [0.2, 0.25) is 0 Å². The number of methoxy groups -OCH3 is 2. The van der Waals surface area contributed by atoms with Gasteiger partial charge in [-0.25, -0.2) is 0 Å². The van der Waals surface area contributed by atoms with E-state index in [2.05, 4.69) is 9.47 Å². The van der Waals surface area contributed by atoms with Crippen LogP contribution in [0.15, 0.2) is 30.3 Å². The molecule has 6 nitrogen and oxygen atoms in total. The average molecular weight is 375 g/mol. The summed E-state index contributed by atoms with van der Waals surface area (Å²) in [6.07, 6.45) is -5.57. The molecule has 1 unspecified atom stereocenters. The molecule has 26 heavy (non-hydrogen) atoms. The van der Waals surface area contributed by atoms with E-state index in [1.807, 2.05) is 5.32 Å². The third kappa shape index (κ3) is 4.60. The van der Waals surface area contributed by atoms with Crippen molar-refractivity contribution >= 4 is 17.7 Å². The van der Waals surface area contributed by atoms with E-state index in [0.717, 1.165) is 26.4 Å². The van der Waals surface area contributed by atoms with Crippen LogP contribution in [0.1, 0.15) is 25.3 Å². The molecule has 0 fully saturated rings. The lowest BCUT2D eigenvalue weighted by atomic mass is 9.91. The van der Waals surface area contributed by atoms with Crippen LogP contribution < -0.4 is 5.32 Å².